The molecule has 0 aliphatic carbocycles. The molecule has 0 saturated heterocycles. The second kappa shape index (κ2) is 9.34. The molecule has 3 rings (SSSR count). The first-order chi connectivity index (χ1) is 14.0. The molecular weight excluding hydrogens is 392 g/mol. The van der Waals surface area contributed by atoms with Gasteiger partial charge in [0.25, 0.3) is 0 Å². The van der Waals surface area contributed by atoms with E-state index in [1.54, 1.807) is 25.1 Å². The average molecular weight is 412 g/mol. The Morgan fingerprint density at radius 2 is 1.72 bits per heavy atom. The molecule has 150 valence electrons. The van der Waals surface area contributed by atoms with Gasteiger partial charge in [-0.2, -0.15) is 0 Å². The van der Waals surface area contributed by atoms with E-state index in [-0.39, 0.29) is 25.2 Å². The molecule has 0 spiro atoms. The van der Waals surface area contributed by atoms with Crippen molar-refractivity contribution in [3.05, 3.63) is 64.8 Å². The zero-order chi connectivity index (χ0) is 20.8. The predicted molar refractivity (Wildman–Crippen MR) is 112 cm³/mol. The minimum atomic E-state index is -0.542. The van der Waals surface area contributed by atoms with E-state index in [4.69, 9.17) is 14.2 Å². The Labute approximate surface area is 171 Å². The van der Waals surface area contributed by atoms with Gasteiger partial charge in [0.15, 0.2) is 12.0 Å². The molecule has 7 heteroatoms. The lowest BCUT2D eigenvalue weighted by atomic mass is 10.2. The van der Waals surface area contributed by atoms with Gasteiger partial charge in [-0.3, -0.25) is 4.79 Å². The number of benzene rings is 2. The van der Waals surface area contributed by atoms with E-state index in [1.165, 1.54) is 11.3 Å². The molecule has 0 N–H and O–H groups in total. The van der Waals surface area contributed by atoms with E-state index in [1.807, 2.05) is 24.3 Å². The first-order valence-corrected chi connectivity index (χ1v) is 9.84. The summed E-state index contributed by atoms with van der Waals surface area (Å²) < 4.78 is 17.2. The first kappa shape index (κ1) is 20.5. The van der Waals surface area contributed by atoms with Crippen LogP contribution in [0.4, 0.5) is 0 Å². The van der Waals surface area contributed by atoms with E-state index < -0.39 is 11.9 Å². The van der Waals surface area contributed by atoms with Crippen LogP contribution in [0.25, 0.3) is 20.2 Å². The minimum Gasteiger partial charge on any atom is -0.482 e. The molecule has 0 bridgehead atoms. The van der Waals surface area contributed by atoms with Crippen molar-refractivity contribution in [3.63, 3.8) is 0 Å². The molecule has 0 aliphatic rings. The van der Waals surface area contributed by atoms with Crippen LogP contribution in [0.1, 0.15) is 13.3 Å². The summed E-state index contributed by atoms with van der Waals surface area (Å²) in [5.41, 5.74) is 0.257. The highest BCUT2D eigenvalue weighted by molar-refractivity contribution is 7.24. The second-order valence-corrected chi connectivity index (χ2v) is 7.45. The van der Waals surface area contributed by atoms with Crippen LogP contribution in [0.5, 0.6) is 5.75 Å². The molecule has 0 radical (unpaired) electrons. The van der Waals surface area contributed by atoms with Crippen molar-refractivity contribution in [2.45, 2.75) is 13.3 Å². The van der Waals surface area contributed by atoms with Crippen molar-refractivity contribution < 1.29 is 23.8 Å². The molecule has 29 heavy (non-hydrogen) atoms. The fourth-order valence-corrected chi connectivity index (χ4v) is 3.64. The maximum atomic E-state index is 12.7. The third-order valence-corrected chi connectivity index (χ3v) is 5.19. The molecule has 6 nitrogen and oxygen atoms in total. The summed E-state index contributed by atoms with van der Waals surface area (Å²) in [6, 6.07) is 12.6. The summed E-state index contributed by atoms with van der Waals surface area (Å²) in [5.74, 6) is -0.591. The van der Waals surface area contributed by atoms with Gasteiger partial charge in [-0.1, -0.05) is 18.7 Å². The molecule has 0 aliphatic heterocycles. The highest BCUT2D eigenvalue weighted by Gasteiger charge is 2.09. The van der Waals surface area contributed by atoms with Gasteiger partial charge in [0.1, 0.15) is 5.75 Å². The molecule has 0 unspecified atom stereocenters. The summed E-state index contributed by atoms with van der Waals surface area (Å²) in [6.45, 7) is 5.02. The van der Waals surface area contributed by atoms with Gasteiger partial charge < -0.3 is 14.2 Å². The molecule has 1 heterocycles. The van der Waals surface area contributed by atoms with Crippen LogP contribution in [0, 0.1) is 0 Å². The SMILES string of the molecule is C=C(C)C(=O)OCCCOC(=O)COc1ccc2sc3ccccc3c(=O)c2c1. The third-order valence-electron chi connectivity index (χ3n) is 4.04. The zero-order valence-corrected chi connectivity index (χ0v) is 16.8. The van der Waals surface area contributed by atoms with Gasteiger partial charge in [0.2, 0.25) is 0 Å². The molecule has 1 aromatic heterocycles. The number of ether oxygens (including phenoxy) is 3. The van der Waals surface area contributed by atoms with Crippen LogP contribution in [-0.4, -0.2) is 31.8 Å². The number of carbonyl (C=O) groups excluding carboxylic acids is 2. The summed E-state index contributed by atoms with van der Waals surface area (Å²) in [7, 11) is 0. The van der Waals surface area contributed by atoms with Crippen LogP contribution in [0.3, 0.4) is 0 Å². The maximum Gasteiger partial charge on any atom is 0.344 e. The van der Waals surface area contributed by atoms with Crippen LogP contribution in [0.15, 0.2) is 59.4 Å². The Hall–Kier alpha value is -3.19. The van der Waals surface area contributed by atoms with Gasteiger partial charge in [0, 0.05) is 32.2 Å². The summed E-state index contributed by atoms with van der Waals surface area (Å²) in [5, 5.41) is 1.22. The summed E-state index contributed by atoms with van der Waals surface area (Å²) in [4.78, 5) is 35.7. The topological polar surface area (TPSA) is 78.9 Å². The number of carbonyl (C=O) groups is 2. The third kappa shape index (κ3) is 5.20. The lowest BCUT2D eigenvalue weighted by Gasteiger charge is -2.08. The van der Waals surface area contributed by atoms with E-state index in [0.717, 1.165) is 9.40 Å². The monoisotopic (exact) mass is 412 g/mol. The zero-order valence-electron chi connectivity index (χ0n) is 15.9. The number of hydrogen-bond donors (Lipinski definition) is 0. The molecular formula is C22H20O6S. The quantitative estimate of drug-likeness (QED) is 0.242. The fourth-order valence-electron chi connectivity index (χ4n) is 2.59. The van der Waals surface area contributed by atoms with E-state index in [2.05, 4.69) is 6.58 Å². The van der Waals surface area contributed by atoms with Gasteiger partial charge >= 0.3 is 11.9 Å². The fraction of sp³-hybridized carbons (Fsp3) is 0.227. The predicted octanol–water partition coefficient (Wildman–Crippen LogP) is 3.85. The number of esters is 2. The lowest BCUT2D eigenvalue weighted by molar-refractivity contribution is -0.146. The van der Waals surface area contributed by atoms with Crippen molar-refractivity contribution in [2.75, 3.05) is 19.8 Å². The number of fused-ring (bicyclic) bond motifs is 2. The van der Waals surface area contributed by atoms with Gasteiger partial charge in [-0.05, 0) is 37.3 Å². The van der Waals surface area contributed by atoms with Gasteiger partial charge in [-0.15, -0.1) is 11.3 Å². The van der Waals surface area contributed by atoms with Crippen LogP contribution >= 0.6 is 11.3 Å². The molecule has 0 saturated carbocycles. The van der Waals surface area contributed by atoms with E-state index >= 15 is 0 Å². The van der Waals surface area contributed by atoms with Crippen molar-refractivity contribution in [3.8, 4) is 5.75 Å². The Morgan fingerprint density at radius 3 is 2.52 bits per heavy atom. The van der Waals surface area contributed by atoms with Gasteiger partial charge in [-0.25, -0.2) is 9.59 Å². The lowest BCUT2D eigenvalue weighted by Crippen LogP contribution is -2.17. The summed E-state index contributed by atoms with van der Waals surface area (Å²) in [6.07, 6.45) is 0.384. The van der Waals surface area contributed by atoms with Crippen LogP contribution in [-0.2, 0) is 19.1 Å². The summed E-state index contributed by atoms with van der Waals surface area (Å²) >= 11 is 1.53. The van der Waals surface area contributed by atoms with Gasteiger partial charge in [0.05, 0.1) is 13.2 Å². The van der Waals surface area contributed by atoms with Crippen molar-refractivity contribution >= 4 is 43.4 Å². The number of hydrogen-bond acceptors (Lipinski definition) is 7. The highest BCUT2D eigenvalue weighted by Crippen LogP contribution is 2.27. The van der Waals surface area contributed by atoms with Crippen LogP contribution in [0.2, 0.25) is 0 Å². The van der Waals surface area contributed by atoms with E-state index in [9.17, 15) is 14.4 Å². The maximum absolute atomic E-state index is 12.7. The second-order valence-electron chi connectivity index (χ2n) is 6.36. The first-order valence-electron chi connectivity index (χ1n) is 9.02. The minimum absolute atomic E-state index is 0.0633. The molecule has 2 aromatic carbocycles. The van der Waals surface area contributed by atoms with Crippen molar-refractivity contribution in [1.82, 2.24) is 0 Å². The molecule has 0 amide bonds. The largest absolute Gasteiger partial charge is 0.482 e. The normalized spacial score (nSPS) is 10.7. The Balaban J connectivity index is 1.54. The highest BCUT2D eigenvalue weighted by atomic mass is 32.1. The Morgan fingerprint density at radius 1 is 1.00 bits per heavy atom. The Kier molecular flexibility index (Phi) is 6.61. The smallest absolute Gasteiger partial charge is 0.344 e. The van der Waals surface area contributed by atoms with Crippen LogP contribution < -0.4 is 10.2 Å². The van der Waals surface area contributed by atoms with Crippen molar-refractivity contribution in [1.29, 1.82) is 0 Å². The molecule has 0 atom stereocenters. The molecule has 0 fully saturated rings. The molecule has 3 aromatic rings. The van der Waals surface area contributed by atoms with Crippen molar-refractivity contribution in [2.24, 2.45) is 0 Å². The number of rotatable bonds is 8. The standard InChI is InChI=1S/C22H20O6S/c1-14(2)22(25)27-11-5-10-26-20(23)13-28-15-8-9-19-17(12-15)21(24)16-6-3-4-7-18(16)29-19/h3-4,6-9,12H,1,5,10-11,13H2,2H3. The van der Waals surface area contributed by atoms with E-state index in [0.29, 0.717) is 28.5 Å². The Bertz CT molecular complexity index is 1130. The average Bonchev–Trinajstić information content (AvgIpc) is 2.72.